The number of hydrogen-bond donors (Lipinski definition) is 0. The Balaban J connectivity index is 1.41. The average Bonchev–Trinajstić information content (AvgIpc) is 3.43. The lowest BCUT2D eigenvalue weighted by atomic mass is 9.83. The quantitative estimate of drug-likeness (QED) is 0.217. The SMILES string of the molecule is CC(OS(C)(=O)=O)C1CCC(n2cc(-c3ncnc4c3ccn4COCC[Si](C)(C)C)cn2)CC1. The first-order chi connectivity index (χ1) is 16.5. The lowest BCUT2D eigenvalue weighted by molar-refractivity contribution is 0.0899. The molecule has 35 heavy (non-hydrogen) atoms. The Labute approximate surface area is 209 Å². The van der Waals surface area contributed by atoms with E-state index in [0.29, 0.717) is 6.73 Å². The highest BCUT2D eigenvalue weighted by molar-refractivity contribution is 7.86. The highest BCUT2D eigenvalue weighted by atomic mass is 32.2. The van der Waals surface area contributed by atoms with E-state index in [4.69, 9.17) is 8.92 Å². The first kappa shape index (κ1) is 26.0. The summed E-state index contributed by atoms with van der Waals surface area (Å²) < 4.78 is 38.1. The number of aromatic nitrogens is 5. The van der Waals surface area contributed by atoms with E-state index in [9.17, 15) is 8.42 Å². The third-order valence-corrected chi connectivity index (χ3v) is 9.12. The zero-order valence-electron chi connectivity index (χ0n) is 21.3. The van der Waals surface area contributed by atoms with Gasteiger partial charge in [-0.15, -0.1) is 0 Å². The molecule has 0 saturated heterocycles. The number of hydrogen-bond acceptors (Lipinski definition) is 7. The first-order valence-electron chi connectivity index (χ1n) is 12.3. The van der Waals surface area contributed by atoms with Gasteiger partial charge in [-0.2, -0.15) is 13.5 Å². The first-order valence-corrected chi connectivity index (χ1v) is 17.8. The van der Waals surface area contributed by atoms with Gasteiger partial charge in [-0.3, -0.25) is 8.86 Å². The summed E-state index contributed by atoms with van der Waals surface area (Å²) in [6.07, 6.45) is 12.0. The van der Waals surface area contributed by atoms with Gasteiger partial charge in [0, 0.05) is 38.0 Å². The van der Waals surface area contributed by atoms with Crippen LogP contribution in [0.1, 0.15) is 38.6 Å². The minimum Gasteiger partial charge on any atom is -0.361 e. The molecule has 1 fully saturated rings. The number of fused-ring (bicyclic) bond motifs is 1. The number of rotatable bonds is 10. The minimum absolute atomic E-state index is 0.241. The summed E-state index contributed by atoms with van der Waals surface area (Å²) in [4.78, 5) is 9.06. The Bertz CT molecular complexity index is 1240. The number of nitrogens with zero attached hydrogens (tertiary/aromatic N) is 5. The molecule has 1 unspecified atom stereocenters. The van der Waals surface area contributed by atoms with Crippen LogP contribution in [0, 0.1) is 5.92 Å². The molecule has 3 aromatic heterocycles. The maximum Gasteiger partial charge on any atom is 0.264 e. The summed E-state index contributed by atoms with van der Waals surface area (Å²) in [5.41, 5.74) is 2.69. The predicted octanol–water partition coefficient (Wildman–Crippen LogP) is 4.70. The molecular formula is C24H37N5O4SSi. The molecule has 4 rings (SSSR count). The molecule has 0 aliphatic heterocycles. The van der Waals surface area contributed by atoms with Crippen LogP contribution in [0.25, 0.3) is 22.3 Å². The number of ether oxygens (including phenoxy) is 1. The van der Waals surface area contributed by atoms with Crippen molar-refractivity contribution in [3.8, 4) is 11.3 Å². The molecule has 1 aliphatic rings. The van der Waals surface area contributed by atoms with Crippen LogP contribution in [0.5, 0.6) is 0 Å². The van der Waals surface area contributed by atoms with E-state index < -0.39 is 18.2 Å². The van der Waals surface area contributed by atoms with E-state index in [1.165, 1.54) is 0 Å². The molecule has 9 nitrogen and oxygen atoms in total. The highest BCUT2D eigenvalue weighted by Crippen LogP contribution is 2.36. The van der Waals surface area contributed by atoms with Crippen molar-refractivity contribution in [1.29, 1.82) is 0 Å². The maximum atomic E-state index is 11.5. The second kappa shape index (κ2) is 10.5. The summed E-state index contributed by atoms with van der Waals surface area (Å²) in [5, 5.41) is 5.63. The molecule has 3 heterocycles. The molecular weight excluding hydrogens is 482 g/mol. The van der Waals surface area contributed by atoms with Crippen molar-refractivity contribution in [3.63, 3.8) is 0 Å². The topological polar surface area (TPSA) is 101 Å². The normalized spacial score (nSPS) is 20.4. The van der Waals surface area contributed by atoms with Crippen LogP contribution in [-0.4, -0.2) is 59.8 Å². The molecule has 1 aliphatic carbocycles. The fourth-order valence-corrected chi connectivity index (χ4v) is 6.19. The van der Waals surface area contributed by atoms with Crippen LogP contribution in [0.3, 0.4) is 0 Å². The van der Waals surface area contributed by atoms with E-state index >= 15 is 0 Å². The van der Waals surface area contributed by atoms with Crippen LogP contribution in [0.4, 0.5) is 0 Å². The van der Waals surface area contributed by atoms with Crippen molar-refractivity contribution >= 4 is 29.2 Å². The predicted molar refractivity (Wildman–Crippen MR) is 139 cm³/mol. The van der Waals surface area contributed by atoms with E-state index in [1.807, 2.05) is 34.6 Å². The van der Waals surface area contributed by atoms with Crippen molar-refractivity contribution in [2.45, 2.75) is 77.2 Å². The second-order valence-electron chi connectivity index (χ2n) is 10.9. The minimum atomic E-state index is -3.43. The Morgan fingerprint density at radius 1 is 1.17 bits per heavy atom. The van der Waals surface area contributed by atoms with Gasteiger partial charge >= 0.3 is 0 Å². The van der Waals surface area contributed by atoms with Gasteiger partial charge in [0.25, 0.3) is 10.1 Å². The molecule has 192 valence electrons. The van der Waals surface area contributed by atoms with Crippen LogP contribution in [0.2, 0.25) is 25.7 Å². The molecule has 3 aromatic rings. The third kappa shape index (κ3) is 6.78. The molecule has 0 radical (unpaired) electrons. The second-order valence-corrected chi connectivity index (χ2v) is 18.1. The fraction of sp³-hybridized carbons (Fsp3) is 0.625. The van der Waals surface area contributed by atoms with Gasteiger partial charge in [-0.25, -0.2) is 9.97 Å². The van der Waals surface area contributed by atoms with Gasteiger partial charge < -0.3 is 9.30 Å². The molecule has 11 heteroatoms. The summed E-state index contributed by atoms with van der Waals surface area (Å²) in [5.74, 6) is 0.241. The molecule has 0 aromatic carbocycles. The van der Waals surface area contributed by atoms with Crippen LogP contribution in [-0.2, 0) is 25.8 Å². The molecule has 1 saturated carbocycles. The summed E-state index contributed by atoms with van der Waals surface area (Å²) in [7, 11) is -4.55. The lowest BCUT2D eigenvalue weighted by Crippen LogP contribution is -2.28. The van der Waals surface area contributed by atoms with Gasteiger partial charge in [-0.1, -0.05) is 19.6 Å². The van der Waals surface area contributed by atoms with Gasteiger partial charge in [0.2, 0.25) is 0 Å². The Morgan fingerprint density at radius 3 is 2.60 bits per heavy atom. The largest absolute Gasteiger partial charge is 0.361 e. The summed E-state index contributed by atoms with van der Waals surface area (Å²) in [6.45, 7) is 10.1. The average molecular weight is 520 g/mol. The molecule has 1 atom stereocenters. The van der Waals surface area contributed by atoms with Crippen LogP contribution >= 0.6 is 0 Å². The van der Waals surface area contributed by atoms with Crippen molar-refractivity contribution in [1.82, 2.24) is 24.3 Å². The zero-order chi connectivity index (χ0) is 25.2. The molecule has 0 bridgehead atoms. The lowest BCUT2D eigenvalue weighted by Gasteiger charge is -2.31. The van der Waals surface area contributed by atoms with E-state index in [2.05, 4.69) is 40.9 Å². The van der Waals surface area contributed by atoms with Crippen molar-refractivity contribution < 1.29 is 17.3 Å². The Morgan fingerprint density at radius 2 is 1.91 bits per heavy atom. The smallest absolute Gasteiger partial charge is 0.264 e. The zero-order valence-corrected chi connectivity index (χ0v) is 23.2. The van der Waals surface area contributed by atoms with E-state index in [1.54, 1.807) is 6.33 Å². The monoisotopic (exact) mass is 519 g/mol. The third-order valence-electron chi connectivity index (χ3n) is 6.76. The van der Waals surface area contributed by atoms with Crippen LogP contribution < -0.4 is 0 Å². The van der Waals surface area contributed by atoms with Gasteiger partial charge in [0.05, 0.1) is 30.3 Å². The molecule has 0 N–H and O–H groups in total. The van der Waals surface area contributed by atoms with Gasteiger partial charge in [0.1, 0.15) is 18.7 Å². The van der Waals surface area contributed by atoms with Gasteiger partial charge in [-0.05, 0) is 50.6 Å². The van der Waals surface area contributed by atoms with E-state index in [-0.39, 0.29) is 18.1 Å². The fourth-order valence-electron chi connectivity index (χ4n) is 4.73. The van der Waals surface area contributed by atoms with Crippen molar-refractivity contribution in [2.24, 2.45) is 5.92 Å². The Kier molecular flexibility index (Phi) is 7.79. The van der Waals surface area contributed by atoms with Crippen molar-refractivity contribution in [2.75, 3.05) is 12.9 Å². The molecule has 0 amide bonds. The highest BCUT2D eigenvalue weighted by Gasteiger charge is 2.29. The summed E-state index contributed by atoms with van der Waals surface area (Å²) >= 11 is 0. The maximum absolute atomic E-state index is 11.5. The standard InChI is InChI=1S/C24H37N5O4SSi/c1-18(33-34(2,30)31)19-6-8-21(9-7-19)29-15-20(14-27-29)23-22-10-11-28(24(22)26-16-25-23)17-32-12-13-35(3,4)5/h10-11,14-16,18-19,21H,6-9,12-13,17H2,1-5H3. The van der Waals surface area contributed by atoms with E-state index in [0.717, 1.165) is 66.9 Å². The van der Waals surface area contributed by atoms with Crippen molar-refractivity contribution in [3.05, 3.63) is 31.0 Å². The Hall–Kier alpha value is -2.08. The van der Waals surface area contributed by atoms with Gasteiger partial charge in [0.15, 0.2) is 0 Å². The molecule has 0 spiro atoms. The van der Waals surface area contributed by atoms with Crippen LogP contribution in [0.15, 0.2) is 31.0 Å². The summed E-state index contributed by atoms with van der Waals surface area (Å²) in [6, 6.07) is 3.46.